The lowest BCUT2D eigenvalue weighted by molar-refractivity contribution is -0.129. The lowest BCUT2D eigenvalue weighted by atomic mass is 9.81. The minimum absolute atomic E-state index is 0.175. The monoisotopic (exact) mass is 276 g/mol. The molecule has 0 radical (unpaired) electrons. The Kier molecular flexibility index (Phi) is 5.14. The van der Waals surface area contributed by atoms with Gasteiger partial charge in [0.15, 0.2) is 0 Å². The van der Waals surface area contributed by atoms with E-state index in [9.17, 15) is 4.79 Å². The van der Waals surface area contributed by atoms with Crippen LogP contribution in [0.3, 0.4) is 0 Å². The predicted octanol–water partition coefficient (Wildman–Crippen LogP) is 4.80. The fourth-order valence-corrected chi connectivity index (χ4v) is 4.32. The van der Waals surface area contributed by atoms with Crippen molar-refractivity contribution in [2.75, 3.05) is 0 Å². The molecular weight excluding hydrogens is 248 g/mol. The smallest absolute Gasteiger partial charge is 0.141 e. The summed E-state index contributed by atoms with van der Waals surface area (Å²) in [5, 5.41) is 0. The second-order valence-electron chi connectivity index (χ2n) is 7.77. The van der Waals surface area contributed by atoms with Crippen molar-refractivity contribution >= 4 is 13.9 Å². The van der Waals surface area contributed by atoms with Crippen LogP contribution in [-0.2, 0) is 11.2 Å². The molecule has 0 spiro atoms. The van der Waals surface area contributed by atoms with Crippen LogP contribution in [-0.4, -0.2) is 13.9 Å². The molecule has 1 aromatic carbocycles. The third-order valence-electron chi connectivity index (χ3n) is 3.29. The lowest BCUT2D eigenvalue weighted by Crippen LogP contribution is -2.35. The zero-order chi connectivity index (χ0) is 14.7. The fraction of sp³-hybridized carbons (Fsp3) is 0.588. The average Bonchev–Trinajstić information content (AvgIpc) is 2.25. The molecule has 0 saturated heterocycles. The van der Waals surface area contributed by atoms with Gasteiger partial charge in [0.2, 0.25) is 0 Å². The van der Waals surface area contributed by atoms with Crippen molar-refractivity contribution in [1.29, 1.82) is 0 Å². The first-order valence-electron chi connectivity index (χ1n) is 7.18. The van der Waals surface area contributed by atoms with E-state index < -0.39 is 8.07 Å². The number of Topliss-reactive ketones (excluding diaryl/α,β-unsaturated/α-hetero) is 1. The summed E-state index contributed by atoms with van der Waals surface area (Å²) < 4.78 is 0. The summed E-state index contributed by atoms with van der Waals surface area (Å²) in [7, 11) is -1.24. The average molecular weight is 276 g/mol. The highest BCUT2D eigenvalue weighted by Crippen LogP contribution is 2.29. The lowest BCUT2D eigenvalue weighted by Gasteiger charge is -2.29. The maximum absolute atomic E-state index is 12.7. The molecule has 1 rings (SSSR count). The molecular formula is C17H28OSi. The van der Waals surface area contributed by atoms with E-state index >= 15 is 0 Å². The standard InChI is InChI=1S/C17H28OSi/c1-17(2,3)16(18)15(13-19(4,5)6)12-14-10-8-7-9-11-14/h7-11,15H,12-13H2,1-6H3. The van der Waals surface area contributed by atoms with Gasteiger partial charge in [-0.1, -0.05) is 70.7 Å². The maximum Gasteiger partial charge on any atom is 0.141 e. The van der Waals surface area contributed by atoms with E-state index in [1.807, 2.05) is 26.8 Å². The third kappa shape index (κ3) is 5.73. The minimum Gasteiger partial charge on any atom is -0.299 e. The van der Waals surface area contributed by atoms with Crippen LogP contribution in [0, 0.1) is 11.3 Å². The molecule has 0 N–H and O–H groups in total. The van der Waals surface area contributed by atoms with Gasteiger partial charge in [0.25, 0.3) is 0 Å². The Morgan fingerprint density at radius 3 is 2.05 bits per heavy atom. The quantitative estimate of drug-likeness (QED) is 0.706. The van der Waals surface area contributed by atoms with Crippen molar-refractivity contribution < 1.29 is 4.79 Å². The SMILES string of the molecule is CC(C)(C)C(=O)C(Cc1ccccc1)C[Si](C)(C)C. The summed E-state index contributed by atoms with van der Waals surface area (Å²) in [4.78, 5) is 12.7. The number of carbonyl (C=O) groups excluding carboxylic acids is 1. The number of hydrogen-bond donors (Lipinski definition) is 0. The molecule has 19 heavy (non-hydrogen) atoms. The number of benzene rings is 1. The van der Waals surface area contributed by atoms with Crippen LogP contribution >= 0.6 is 0 Å². The van der Waals surface area contributed by atoms with E-state index in [1.165, 1.54) is 5.56 Å². The summed E-state index contributed by atoms with van der Waals surface area (Å²) >= 11 is 0. The summed E-state index contributed by atoms with van der Waals surface area (Å²) in [5.74, 6) is 0.591. The summed E-state index contributed by atoms with van der Waals surface area (Å²) in [6.45, 7) is 13.2. The molecule has 0 aliphatic heterocycles. The summed E-state index contributed by atoms with van der Waals surface area (Å²) in [6.07, 6.45) is 0.890. The van der Waals surface area contributed by atoms with Gasteiger partial charge in [-0.25, -0.2) is 0 Å². The summed E-state index contributed by atoms with van der Waals surface area (Å²) in [6, 6.07) is 11.5. The first kappa shape index (κ1) is 16.2. The highest BCUT2D eigenvalue weighted by molar-refractivity contribution is 6.76. The molecule has 0 saturated carbocycles. The number of carbonyl (C=O) groups is 1. The molecule has 1 unspecified atom stereocenters. The second-order valence-corrected chi connectivity index (χ2v) is 13.3. The highest BCUT2D eigenvalue weighted by atomic mass is 28.3. The molecule has 0 bridgehead atoms. The zero-order valence-electron chi connectivity index (χ0n) is 13.3. The minimum atomic E-state index is -1.24. The summed E-state index contributed by atoms with van der Waals surface area (Å²) in [5.41, 5.74) is 1.04. The molecule has 0 amide bonds. The third-order valence-corrected chi connectivity index (χ3v) is 5.01. The van der Waals surface area contributed by atoms with Gasteiger partial charge in [-0.05, 0) is 18.0 Å². The van der Waals surface area contributed by atoms with Crippen LogP contribution in [0.15, 0.2) is 30.3 Å². The van der Waals surface area contributed by atoms with Gasteiger partial charge < -0.3 is 0 Å². The van der Waals surface area contributed by atoms with Gasteiger partial charge in [-0.2, -0.15) is 0 Å². The van der Waals surface area contributed by atoms with E-state index in [0.29, 0.717) is 5.78 Å². The normalized spacial score (nSPS) is 14.2. The highest BCUT2D eigenvalue weighted by Gasteiger charge is 2.32. The first-order valence-corrected chi connectivity index (χ1v) is 10.9. The van der Waals surface area contributed by atoms with Crippen LogP contribution in [0.2, 0.25) is 25.7 Å². The molecule has 2 heteroatoms. The molecule has 1 nitrogen and oxygen atoms in total. The van der Waals surface area contributed by atoms with Gasteiger partial charge in [-0.15, -0.1) is 0 Å². The molecule has 0 aliphatic rings. The van der Waals surface area contributed by atoms with Gasteiger partial charge >= 0.3 is 0 Å². The Morgan fingerprint density at radius 1 is 1.11 bits per heavy atom. The van der Waals surface area contributed by atoms with Gasteiger partial charge in [0.05, 0.1) is 0 Å². The number of rotatable bonds is 5. The Hall–Kier alpha value is -0.893. The first-order chi connectivity index (χ1) is 8.59. The predicted molar refractivity (Wildman–Crippen MR) is 86.3 cm³/mol. The van der Waals surface area contributed by atoms with Crippen molar-refractivity contribution in [3.8, 4) is 0 Å². The van der Waals surface area contributed by atoms with Crippen LogP contribution < -0.4 is 0 Å². The molecule has 1 atom stereocenters. The van der Waals surface area contributed by atoms with Crippen molar-refractivity contribution in [3.63, 3.8) is 0 Å². The van der Waals surface area contributed by atoms with E-state index in [2.05, 4.69) is 43.9 Å². The van der Waals surface area contributed by atoms with E-state index in [4.69, 9.17) is 0 Å². The molecule has 0 aliphatic carbocycles. The van der Waals surface area contributed by atoms with Gasteiger partial charge in [-0.3, -0.25) is 4.79 Å². The second kappa shape index (κ2) is 6.04. The van der Waals surface area contributed by atoms with E-state index in [0.717, 1.165) is 12.5 Å². The van der Waals surface area contributed by atoms with Crippen LogP contribution in [0.25, 0.3) is 0 Å². The van der Waals surface area contributed by atoms with Gasteiger partial charge in [0.1, 0.15) is 5.78 Å². The Balaban J connectivity index is 2.90. The van der Waals surface area contributed by atoms with Crippen LogP contribution in [0.1, 0.15) is 26.3 Å². The van der Waals surface area contributed by atoms with Crippen molar-refractivity contribution in [2.24, 2.45) is 11.3 Å². The van der Waals surface area contributed by atoms with E-state index in [1.54, 1.807) is 0 Å². The number of hydrogen-bond acceptors (Lipinski definition) is 1. The molecule has 0 fully saturated rings. The Labute approximate surface area is 119 Å². The molecule has 1 aromatic rings. The zero-order valence-corrected chi connectivity index (χ0v) is 14.3. The number of ketones is 1. The van der Waals surface area contributed by atoms with Crippen LogP contribution in [0.5, 0.6) is 0 Å². The Bertz CT molecular complexity index is 409. The van der Waals surface area contributed by atoms with Crippen molar-refractivity contribution in [2.45, 2.75) is 52.9 Å². The maximum atomic E-state index is 12.7. The molecule has 0 heterocycles. The van der Waals surface area contributed by atoms with E-state index in [-0.39, 0.29) is 11.3 Å². The van der Waals surface area contributed by atoms with Crippen molar-refractivity contribution in [1.82, 2.24) is 0 Å². The molecule has 106 valence electrons. The van der Waals surface area contributed by atoms with Gasteiger partial charge in [0, 0.05) is 19.4 Å². The topological polar surface area (TPSA) is 17.1 Å². The fourth-order valence-electron chi connectivity index (χ4n) is 2.51. The molecule has 0 aromatic heterocycles. The Morgan fingerprint density at radius 2 is 1.63 bits per heavy atom. The van der Waals surface area contributed by atoms with Crippen LogP contribution in [0.4, 0.5) is 0 Å². The van der Waals surface area contributed by atoms with Crippen molar-refractivity contribution in [3.05, 3.63) is 35.9 Å². The largest absolute Gasteiger partial charge is 0.299 e.